The van der Waals surface area contributed by atoms with Crippen molar-refractivity contribution in [2.75, 3.05) is 0 Å². The van der Waals surface area contributed by atoms with Gasteiger partial charge in [0.05, 0.1) is 23.1 Å². The van der Waals surface area contributed by atoms with Gasteiger partial charge in [0, 0.05) is 29.3 Å². The number of allylic oxidation sites excluding steroid dienone is 2. The third-order valence-electron chi connectivity index (χ3n) is 6.06. The first kappa shape index (κ1) is 20.7. The number of aryl methyl sites for hydroxylation is 2. The summed E-state index contributed by atoms with van der Waals surface area (Å²) >= 11 is 0. The highest BCUT2D eigenvalue weighted by atomic mass is 19.1. The Kier molecular flexibility index (Phi) is 5.05. The van der Waals surface area contributed by atoms with E-state index in [1.165, 1.54) is 12.1 Å². The van der Waals surface area contributed by atoms with Crippen LogP contribution in [0.4, 0.5) is 4.39 Å². The molecule has 0 unspecified atom stereocenters. The molecular formula is C27H24FN5. The lowest BCUT2D eigenvalue weighted by Gasteiger charge is -2.07. The Hall–Kier alpha value is -4.19. The lowest BCUT2D eigenvalue weighted by Crippen LogP contribution is -1.94. The number of hydrogen-bond donors (Lipinski definition) is 2. The normalized spacial score (nSPS) is 11.9. The number of imidazole rings is 1. The minimum Gasteiger partial charge on any atom is -0.357 e. The molecule has 0 saturated carbocycles. The average molecular weight is 438 g/mol. The molecule has 164 valence electrons. The summed E-state index contributed by atoms with van der Waals surface area (Å²) in [6.45, 7) is 7.84. The first-order chi connectivity index (χ1) is 16.0. The van der Waals surface area contributed by atoms with Crippen molar-refractivity contribution < 1.29 is 4.39 Å². The van der Waals surface area contributed by atoms with E-state index in [9.17, 15) is 4.39 Å². The second-order valence-electron chi connectivity index (χ2n) is 8.13. The molecule has 2 aromatic carbocycles. The number of hydrogen-bond acceptors (Lipinski definition) is 2. The summed E-state index contributed by atoms with van der Waals surface area (Å²) in [6.07, 6.45) is 5.51. The van der Waals surface area contributed by atoms with Gasteiger partial charge in [0.15, 0.2) is 0 Å². The smallest absolute Gasteiger partial charge is 0.123 e. The molecule has 0 aliphatic rings. The molecule has 0 amide bonds. The predicted molar refractivity (Wildman–Crippen MR) is 131 cm³/mol. The van der Waals surface area contributed by atoms with Crippen molar-refractivity contribution in [3.63, 3.8) is 0 Å². The summed E-state index contributed by atoms with van der Waals surface area (Å²) in [5.41, 5.74) is 8.43. The van der Waals surface area contributed by atoms with Gasteiger partial charge in [0.2, 0.25) is 0 Å². The minimum atomic E-state index is -0.271. The lowest BCUT2D eigenvalue weighted by molar-refractivity contribution is 0.627. The Bertz CT molecular complexity index is 1530. The maximum absolute atomic E-state index is 13.9. The van der Waals surface area contributed by atoms with E-state index in [1.54, 1.807) is 12.1 Å². The van der Waals surface area contributed by atoms with Crippen LogP contribution in [0.25, 0.3) is 39.1 Å². The highest BCUT2D eigenvalue weighted by Crippen LogP contribution is 2.34. The molecule has 5 rings (SSSR count). The Morgan fingerprint density at radius 2 is 1.97 bits per heavy atom. The molecule has 0 aliphatic carbocycles. The van der Waals surface area contributed by atoms with E-state index in [1.807, 2.05) is 45.3 Å². The number of benzene rings is 2. The maximum Gasteiger partial charge on any atom is 0.123 e. The fourth-order valence-corrected chi connectivity index (χ4v) is 4.23. The highest BCUT2D eigenvalue weighted by molar-refractivity contribution is 5.96. The molecule has 0 aliphatic heterocycles. The van der Waals surface area contributed by atoms with Gasteiger partial charge in [0.1, 0.15) is 17.3 Å². The van der Waals surface area contributed by atoms with Crippen molar-refractivity contribution in [2.24, 2.45) is 7.05 Å². The van der Waals surface area contributed by atoms with E-state index in [-0.39, 0.29) is 5.82 Å². The standard InChI is InChI=1S/C27H24FN5/c1-5-7-21(18-8-6-9-20(28)12-18)22-14-25(30-16(22)2)27-23-13-19(10-11-24(23)31-32-27)26-15-29-17(3)33(26)4/h5-15,30H,1H2,2-4H3,(H,31,32)/b21-7-. The Morgan fingerprint density at radius 3 is 2.70 bits per heavy atom. The van der Waals surface area contributed by atoms with Crippen LogP contribution in [0.15, 0.2) is 73.5 Å². The SMILES string of the molecule is C=C/C=C(/c1cccc(F)c1)c1cc(-c2n[nH]c3ccc(-c4cnc(C)n4C)cc23)[nH]c1C. The monoisotopic (exact) mass is 437 g/mol. The summed E-state index contributed by atoms with van der Waals surface area (Å²) in [5, 5.41) is 8.74. The number of fused-ring (bicyclic) bond motifs is 1. The van der Waals surface area contributed by atoms with Crippen molar-refractivity contribution in [1.29, 1.82) is 0 Å². The van der Waals surface area contributed by atoms with E-state index < -0.39 is 0 Å². The zero-order chi connectivity index (χ0) is 23.1. The quantitative estimate of drug-likeness (QED) is 0.316. The molecule has 33 heavy (non-hydrogen) atoms. The van der Waals surface area contributed by atoms with Crippen LogP contribution in [-0.2, 0) is 7.05 Å². The van der Waals surface area contributed by atoms with Crippen molar-refractivity contribution in [3.8, 4) is 22.6 Å². The molecule has 2 N–H and O–H groups in total. The number of nitrogens with zero attached hydrogens (tertiary/aromatic N) is 3. The fourth-order valence-electron chi connectivity index (χ4n) is 4.23. The van der Waals surface area contributed by atoms with E-state index in [2.05, 4.69) is 49.5 Å². The second kappa shape index (κ2) is 8.06. The van der Waals surface area contributed by atoms with Crippen LogP contribution < -0.4 is 0 Å². The van der Waals surface area contributed by atoms with E-state index >= 15 is 0 Å². The Balaban J connectivity index is 1.62. The van der Waals surface area contributed by atoms with Gasteiger partial charge in [-0.1, -0.05) is 36.9 Å². The van der Waals surface area contributed by atoms with Crippen LogP contribution in [0.5, 0.6) is 0 Å². The molecule has 0 saturated heterocycles. The molecule has 3 aromatic heterocycles. The van der Waals surface area contributed by atoms with Crippen LogP contribution in [0.1, 0.15) is 22.6 Å². The van der Waals surface area contributed by atoms with Crippen molar-refractivity contribution in [1.82, 2.24) is 24.7 Å². The first-order valence-corrected chi connectivity index (χ1v) is 10.7. The highest BCUT2D eigenvalue weighted by Gasteiger charge is 2.17. The number of H-pyrrole nitrogens is 2. The van der Waals surface area contributed by atoms with Gasteiger partial charge in [-0.05, 0) is 55.3 Å². The molecule has 0 atom stereocenters. The molecule has 0 spiro atoms. The maximum atomic E-state index is 13.9. The van der Waals surface area contributed by atoms with Gasteiger partial charge in [-0.3, -0.25) is 5.10 Å². The molecule has 0 radical (unpaired) electrons. The predicted octanol–water partition coefficient (Wildman–Crippen LogP) is 6.33. The van der Waals surface area contributed by atoms with Crippen molar-refractivity contribution in [2.45, 2.75) is 13.8 Å². The summed E-state index contributed by atoms with van der Waals surface area (Å²) in [4.78, 5) is 7.89. The molecule has 6 heteroatoms. The number of aromatic amines is 2. The summed E-state index contributed by atoms with van der Waals surface area (Å²) in [5.74, 6) is 0.688. The summed E-state index contributed by atoms with van der Waals surface area (Å²) < 4.78 is 16.0. The molecule has 0 fully saturated rings. The Labute approximate surface area is 191 Å². The van der Waals surface area contributed by atoms with Gasteiger partial charge < -0.3 is 9.55 Å². The topological polar surface area (TPSA) is 62.3 Å². The molecule has 0 bridgehead atoms. The van der Waals surface area contributed by atoms with Crippen molar-refractivity contribution >= 4 is 16.5 Å². The Morgan fingerprint density at radius 1 is 1.12 bits per heavy atom. The third-order valence-corrected chi connectivity index (χ3v) is 6.06. The average Bonchev–Trinajstić information content (AvgIpc) is 3.49. The zero-order valence-electron chi connectivity index (χ0n) is 18.8. The molecular weight excluding hydrogens is 413 g/mol. The van der Waals surface area contributed by atoms with Crippen LogP contribution in [0, 0.1) is 19.7 Å². The third kappa shape index (κ3) is 3.59. The largest absolute Gasteiger partial charge is 0.357 e. The van der Waals surface area contributed by atoms with Gasteiger partial charge in [-0.15, -0.1) is 0 Å². The number of halogens is 1. The number of nitrogens with one attached hydrogen (secondary N) is 2. The minimum absolute atomic E-state index is 0.271. The first-order valence-electron chi connectivity index (χ1n) is 10.7. The van der Waals surface area contributed by atoms with Crippen LogP contribution >= 0.6 is 0 Å². The second-order valence-corrected chi connectivity index (χ2v) is 8.13. The van der Waals surface area contributed by atoms with Crippen LogP contribution in [0.3, 0.4) is 0 Å². The van der Waals surface area contributed by atoms with Gasteiger partial charge in [-0.25, -0.2) is 9.37 Å². The molecule has 5 nitrogen and oxygen atoms in total. The van der Waals surface area contributed by atoms with Gasteiger partial charge in [-0.2, -0.15) is 5.10 Å². The van der Waals surface area contributed by atoms with Crippen LogP contribution in [0.2, 0.25) is 0 Å². The fraction of sp³-hybridized carbons (Fsp3) is 0.111. The summed E-state index contributed by atoms with van der Waals surface area (Å²) in [6, 6.07) is 14.9. The number of aromatic nitrogens is 5. The molecule has 3 heterocycles. The van der Waals surface area contributed by atoms with E-state index in [4.69, 9.17) is 0 Å². The van der Waals surface area contributed by atoms with Crippen LogP contribution in [-0.4, -0.2) is 24.7 Å². The van der Waals surface area contributed by atoms with E-state index in [0.29, 0.717) is 0 Å². The van der Waals surface area contributed by atoms with E-state index in [0.717, 1.165) is 61.8 Å². The van der Waals surface area contributed by atoms with Crippen molar-refractivity contribution in [3.05, 3.63) is 102 Å². The lowest BCUT2D eigenvalue weighted by atomic mass is 9.97. The zero-order valence-corrected chi connectivity index (χ0v) is 18.8. The molecule has 5 aromatic rings. The van der Waals surface area contributed by atoms with Gasteiger partial charge in [0.25, 0.3) is 0 Å². The number of rotatable bonds is 5. The van der Waals surface area contributed by atoms with Gasteiger partial charge >= 0.3 is 0 Å². The summed E-state index contributed by atoms with van der Waals surface area (Å²) in [7, 11) is 2.01.